The van der Waals surface area contributed by atoms with Gasteiger partial charge in [0.05, 0.1) is 12.7 Å². The Hall–Kier alpha value is -2.40. The maximum absolute atomic E-state index is 12.2. The Morgan fingerprint density at radius 2 is 1.73 bits per heavy atom. The van der Waals surface area contributed by atoms with Crippen molar-refractivity contribution in [3.05, 3.63) is 59.3 Å². The Bertz CT molecular complexity index is 690. The lowest BCUT2D eigenvalue weighted by molar-refractivity contribution is 0.0950. The summed E-state index contributed by atoms with van der Waals surface area (Å²) in [5.74, 6) is 0.371. The molecule has 0 saturated carbocycles. The smallest absolute Gasteiger partial charge is 0.253 e. The normalized spacial score (nSPS) is 15.3. The fourth-order valence-corrected chi connectivity index (χ4v) is 3.23. The predicted octanol–water partition coefficient (Wildman–Crippen LogP) is 3.40. The van der Waals surface area contributed by atoms with Crippen molar-refractivity contribution < 1.29 is 9.53 Å². The monoisotopic (exact) mass is 353 g/mol. The molecule has 2 heterocycles. The Morgan fingerprint density at radius 3 is 2.35 bits per heavy atom. The Labute approximate surface area is 155 Å². The number of amides is 1. The highest BCUT2D eigenvalue weighted by Gasteiger charge is 2.10. The number of hydrogen-bond donors (Lipinski definition) is 1. The maximum atomic E-state index is 12.2. The standard InChI is InChI=1S/C21H27N3O2/c1-26-20-11-10-19(15-22-20)21(25)23-14-17-6-8-18(9-7-17)16-24-12-4-2-3-5-13-24/h6-11,15H,2-5,12-14,16H2,1H3,(H,23,25). The molecule has 138 valence electrons. The van der Waals surface area contributed by atoms with Crippen molar-refractivity contribution in [3.8, 4) is 5.88 Å². The molecule has 5 nitrogen and oxygen atoms in total. The highest BCUT2D eigenvalue weighted by molar-refractivity contribution is 5.93. The van der Waals surface area contributed by atoms with Crippen LogP contribution >= 0.6 is 0 Å². The first-order chi connectivity index (χ1) is 12.7. The highest BCUT2D eigenvalue weighted by atomic mass is 16.5. The third-order valence-corrected chi connectivity index (χ3v) is 4.79. The predicted molar refractivity (Wildman–Crippen MR) is 102 cm³/mol. The van der Waals surface area contributed by atoms with Crippen molar-refractivity contribution in [2.45, 2.75) is 38.8 Å². The van der Waals surface area contributed by atoms with Crippen LogP contribution in [-0.2, 0) is 13.1 Å². The Balaban J connectivity index is 1.49. The van der Waals surface area contributed by atoms with E-state index in [2.05, 4.69) is 39.5 Å². The summed E-state index contributed by atoms with van der Waals surface area (Å²) < 4.78 is 5.00. The van der Waals surface area contributed by atoms with E-state index in [0.717, 1.165) is 12.1 Å². The van der Waals surface area contributed by atoms with Gasteiger partial charge in [0.25, 0.3) is 5.91 Å². The summed E-state index contributed by atoms with van der Waals surface area (Å²) >= 11 is 0. The number of likely N-dealkylation sites (tertiary alicyclic amines) is 1. The average Bonchev–Trinajstić information content (AvgIpc) is 2.96. The van der Waals surface area contributed by atoms with Gasteiger partial charge >= 0.3 is 0 Å². The summed E-state index contributed by atoms with van der Waals surface area (Å²) in [6.45, 7) is 3.93. The van der Waals surface area contributed by atoms with Gasteiger partial charge in [-0.2, -0.15) is 0 Å². The molecule has 3 rings (SSSR count). The zero-order valence-corrected chi connectivity index (χ0v) is 15.4. The van der Waals surface area contributed by atoms with Crippen LogP contribution in [0.3, 0.4) is 0 Å². The van der Waals surface area contributed by atoms with Crippen LogP contribution in [0.5, 0.6) is 5.88 Å². The molecule has 0 spiro atoms. The summed E-state index contributed by atoms with van der Waals surface area (Å²) in [5, 5.41) is 2.93. The number of aromatic nitrogens is 1. The van der Waals surface area contributed by atoms with E-state index in [1.807, 2.05) is 0 Å². The lowest BCUT2D eigenvalue weighted by Gasteiger charge is -2.19. The van der Waals surface area contributed by atoms with Gasteiger partial charge in [-0.05, 0) is 43.1 Å². The molecular formula is C21H27N3O2. The second kappa shape index (κ2) is 9.34. The zero-order chi connectivity index (χ0) is 18.2. The van der Waals surface area contributed by atoms with Gasteiger partial charge in [-0.3, -0.25) is 9.69 Å². The fraction of sp³-hybridized carbons (Fsp3) is 0.429. The van der Waals surface area contributed by atoms with Gasteiger partial charge in [0.15, 0.2) is 0 Å². The molecule has 26 heavy (non-hydrogen) atoms. The van der Waals surface area contributed by atoms with Crippen molar-refractivity contribution >= 4 is 5.91 Å². The number of benzene rings is 1. The van der Waals surface area contributed by atoms with Gasteiger partial charge in [0, 0.05) is 25.4 Å². The average molecular weight is 353 g/mol. The van der Waals surface area contributed by atoms with Gasteiger partial charge in [0.1, 0.15) is 0 Å². The highest BCUT2D eigenvalue weighted by Crippen LogP contribution is 2.14. The number of methoxy groups -OCH3 is 1. The molecule has 0 aliphatic carbocycles. The van der Waals surface area contributed by atoms with Crippen LogP contribution in [0.4, 0.5) is 0 Å². The topological polar surface area (TPSA) is 54.5 Å². The van der Waals surface area contributed by atoms with Gasteiger partial charge < -0.3 is 10.1 Å². The second-order valence-corrected chi connectivity index (χ2v) is 6.78. The van der Waals surface area contributed by atoms with Crippen molar-refractivity contribution in [2.75, 3.05) is 20.2 Å². The van der Waals surface area contributed by atoms with Gasteiger partial charge in [-0.1, -0.05) is 37.1 Å². The van der Waals surface area contributed by atoms with Gasteiger partial charge in [-0.15, -0.1) is 0 Å². The van der Waals surface area contributed by atoms with Crippen molar-refractivity contribution in [3.63, 3.8) is 0 Å². The minimum absolute atomic E-state index is 0.131. The maximum Gasteiger partial charge on any atom is 0.253 e. The molecule has 1 aliphatic heterocycles. The number of nitrogens with zero attached hydrogens (tertiary/aromatic N) is 2. The number of hydrogen-bond acceptors (Lipinski definition) is 4. The van der Waals surface area contributed by atoms with E-state index < -0.39 is 0 Å². The van der Waals surface area contributed by atoms with E-state index in [1.54, 1.807) is 19.2 Å². The van der Waals surface area contributed by atoms with Crippen molar-refractivity contribution in [2.24, 2.45) is 0 Å². The second-order valence-electron chi connectivity index (χ2n) is 6.78. The molecule has 1 aromatic heterocycles. The van der Waals surface area contributed by atoms with Crippen LogP contribution < -0.4 is 10.1 Å². The van der Waals surface area contributed by atoms with Crippen LogP contribution in [0, 0.1) is 0 Å². The summed E-state index contributed by atoms with van der Waals surface area (Å²) in [5.41, 5.74) is 2.96. The number of pyridine rings is 1. The van der Waals surface area contributed by atoms with E-state index in [0.29, 0.717) is 18.0 Å². The van der Waals surface area contributed by atoms with Crippen LogP contribution in [0.1, 0.15) is 47.2 Å². The molecule has 2 aromatic rings. The number of ether oxygens (including phenoxy) is 1. The molecule has 1 fully saturated rings. The lowest BCUT2D eigenvalue weighted by atomic mass is 10.1. The van der Waals surface area contributed by atoms with Crippen molar-refractivity contribution in [1.82, 2.24) is 15.2 Å². The summed E-state index contributed by atoms with van der Waals surface area (Å²) in [4.78, 5) is 18.8. The molecule has 1 saturated heterocycles. The minimum atomic E-state index is -0.131. The third-order valence-electron chi connectivity index (χ3n) is 4.79. The molecular weight excluding hydrogens is 326 g/mol. The van der Waals surface area contributed by atoms with E-state index in [9.17, 15) is 4.79 Å². The summed E-state index contributed by atoms with van der Waals surface area (Å²) in [6.07, 6.45) is 6.87. The quantitative estimate of drug-likeness (QED) is 0.865. The van der Waals surface area contributed by atoms with Crippen LogP contribution in [0.25, 0.3) is 0 Å². The molecule has 1 amide bonds. The largest absolute Gasteiger partial charge is 0.481 e. The van der Waals surface area contributed by atoms with Crippen LogP contribution in [0.2, 0.25) is 0 Å². The zero-order valence-electron chi connectivity index (χ0n) is 15.4. The van der Waals surface area contributed by atoms with E-state index in [4.69, 9.17) is 4.74 Å². The number of rotatable bonds is 6. The van der Waals surface area contributed by atoms with Gasteiger partial charge in [-0.25, -0.2) is 4.98 Å². The molecule has 1 aliphatic rings. The first-order valence-electron chi connectivity index (χ1n) is 9.33. The third kappa shape index (κ3) is 5.30. The number of nitrogens with one attached hydrogen (secondary N) is 1. The van der Waals surface area contributed by atoms with Crippen LogP contribution in [0.15, 0.2) is 42.6 Å². The molecule has 0 unspecified atom stereocenters. The molecule has 5 heteroatoms. The van der Waals surface area contributed by atoms with E-state index in [1.165, 1.54) is 50.5 Å². The molecule has 1 N–H and O–H groups in total. The first-order valence-corrected chi connectivity index (χ1v) is 9.33. The number of carbonyl (C=O) groups is 1. The molecule has 0 bridgehead atoms. The lowest BCUT2D eigenvalue weighted by Crippen LogP contribution is -2.24. The summed E-state index contributed by atoms with van der Waals surface area (Å²) in [7, 11) is 1.55. The molecule has 0 atom stereocenters. The van der Waals surface area contributed by atoms with Crippen molar-refractivity contribution in [1.29, 1.82) is 0 Å². The van der Waals surface area contributed by atoms with E-state index in [-0.39, 0.29) is 5.91 Å². The van der Waals surface area contributed by atoms with Crippen LogP contribution in [-0.4, -0.2) is 36.0 Å². The Morgan fingerprint density at radius 1 is 1.04 bits per heavy atom. The molecule has 1 aromatic carbocycles. The SMILES string of the molecule is COc1ccc(C(=O)NCc2ccc(CN3CCCCCC3)cc2)cn1. The Kier molecular flexibility index (Phi) is 6.61. The minimum Gasteiger partial charge on any atom is -0.481 e. The fourth-order valence-electron chi connectivity index (χ4n) is 3.23. The van der Waals surface area contributed by atoms with Gasteiger partial charge in [0.2, 0.25) is 5.88 Å². The number of carbonyl (C=O) groups excluding carboxylic acids is 1. The van der Waals surface area contributed by atoms with E-state index >= 15 is 0 Å². The first kappa shape index (κ1) is 18.4. The summed E-state index contributed by atoms with van der Waals surface area (Å²) in [6, 6.07) is 11.9. The molecule has 0 radical (unpaired) electrons.